The van der Waals surface area contributed by atoms with E-state index >= 15 is 0 Å². The smallest absolute Gasteiger partial charge is 0.415 e. The summed E-state index contributed by atoms with van der Waals surface area (Å²) in [6.07, 6.45) is -1.46. The van der Waals surface area contributed by atoms with Gasteiger partial charge in [-0.15, -0.1) is 0 Å². The summed E-state index contributed by atoms with van der Waals surface area (Å²) in [6, 6.07) is 12.1. The first-order valence-corrected chi connectivity index (χ1v) is 8.60. The summed E-state index contributed by atoms with van der Waals surface area (Å²) >= 11 is 0. The molecule has 0 bridgehead atoms. The topological polar surface area (TPSA) is 111 Å². The molecule has 1 fully saturated rings. The number of nitriles is 1. The highest BCUT2D eigenvalue weighted by molar-refractivity contribution is 6.21. The second-order valence-corrected chi connectivity index (χ2v) is 6.61. The first kappa shape index (κ1) is 17.5. The minimum atomic E-state index is -0.759. The first-order valence-electron chi connectivity index (χ1n) is 8.60. The van der Waals surface area contributed by atoms with Crippen molar-refractivity contribution in [3.8, 4) is 11.8 Å². The molecule has 2 aliphatic heterocycles. The number of phenols is 1. The van der Waals surface area contributed by atoms with Crippen molar-refractivity contribution in [3.63, 3.8) is 0 Å². The van der Waals surface area contributed by atoms with Gasteiger partial charge in [-0.2, -0.15) is 5.26 Å². The Morgan fingerprint density at radius 3 is 2.32 bits per heavy atom. The minimum Gasteiger partial charge on any atom is -0.506 e. The first-order chi connectivity index (χ1) is 13.4. The van der Waals surface area contributed by atoms with Gasteiger partial charge in [0.25, 0.3) is 11.8 Å². The fraction of sp³-hybridized carbons (Fsp3) is 0.200. The van der Waals surface area contributed by atoms with Crippen LogP contribution in [-0.2, 0) is 4.74 Å². The van der Waals surface area contributed by atoms with Crippen molar-refractivity contribution in [2.45, 2.75) is 19.1 Å². The molecule has 2 atom stereocenters. The van der Waals surface area contributed by atoms with Crippen molar-refractivity contribution in [1.82, 2.24) is 4.90 Å². The van der Waals surface area contributed by atoms with Gasteiger partial charge < -0.3 is 9.84 Å². The lowest BCUT2D eigenvalue weighted by atomic mass is 10.1. The fourth-order valence-electron chi connectivity index (χ4n) is 3.51. The zero-order valence-corrected chi connectivity index (χ0v) is 14.8. The SMILES string of the molecule is CC1C(CN2C(=O)c3ccccc3C2=O)OC(=O)N1c1ccc(C#N)cc1O. The van der Waals surface area contributed by atoms with Crippen LogP contribution in [0.2, 0.25) is 0 Å². The number of carbonyl (C=O) groups is 3. The van der Waals surface area contributed by atoms with Gasteiger partial charge in [0.1, 0.15) is 11.9 Å². The molecule has 2 aliphatic rings. The number of imide groups is 1. The van der Waals surface area contributed by atoms with Gasteiger partial charge in [0.2, 0.25) is 0 Å². The molecule has 0 spiro atoms. The van der Waals surface area contributed by atoms with E-state index in [2.05, 4.69) is 0 Å². The second-order valence-electron chi connectivity index (χ2n) is 6.61. The average molecular weight is 377 g/mol. The molecule has 8 nitrogen and oxygen atoms in total. The molecule has 1 N–H and O–H groups in total. The molecular weight excluding hydrogens is 362 g/mol. The van der Waals surface area contributed by atoms with Crippen LogP contribution in [0.5, 0.6) is 5.75 Å². The number of cyclic esters (lactones) is 1. The fourth-order valence-corrected chi connectivity index (χ4v) is 3.51. The van der Waals surface area contributed by atoms with Crippen molar-refractivity contribution in [1.29, 1.82) is 5.26 Å². The van der Waals surface area contributed by atoms with Gasteiger partial charge in [-0.1, -0.05) is 12.1 Å². The van der Waals surface area contributed by atoms with E-state index in [0.29, 0.717) is 11.1 Å². The van der Waals surface area contributed by atoms with E-state index in [1.165, 1.54) is 23.1 Å². The lowest BCUT2D eigenvalue weighted by Gasteiger charge is -2.23. The largest absolute Gasteiger partial charge is 0.506 e. The summed E-state index contributed by atoms with van der Waals surface area (Å²) in [6.45, 7) is 1.61. The van der Waals surface area contributed by atoms with E-state index in [9.17, 15) is 19.5 Å². The quantitative estimate of drug-likeness (QED) is 0.822. The zero-order chi connectivity index (χ0) is 20.0. The summed E-state index contributed by atoms with van der Waals surface area (Å²) < 4.78 is 5.37. The van der Waals surface area contributed by atoms with E-state index in [-0.39, 0.29) is 23.5 Å². The molecule has 0 aliphatic carbocycles. The van der Waals surface area contributed by atoms with Crippen LogP contribution < -0.4 is 4.90 Å². The highest BCUT2D eigenvalue weighted by atomic mass is 16.6. The molecule has 0 radical (unpaired) electrons. The van der Waals surface area contributed by atoms with Crippen LogP contribution in [0.15, 0.2) is 42.5 Å². The molecule has 4 rings (SSSR count). The number of anilines is 1. The van der Waals surface area contributed by atoms with Gasteiger partial charge in [0.15, 0.2) is 0 Å². The molecule has 2 heterocycles. The van der Waals surface area contributed by atoms with Gasteiger partial charge in [-0.3, -0.25) is 19.4 Å². The normalized spacial score (nSPS) is 20.9. The number of benzene rings is 2. The lowest BCUT2D eigenvalue weighted by molar-refractivity contribution is 0.0538. The number of carbonyl (C=O) groups excluding carboxylic acids is 3. The third-order valence-electron chi connectivity index (χ3n) is 5.00. The number of nitrogens with zero attached hydrogens (tertiary/aromatic N) is 3. The molecule has 0 saturated carbocycles. The van der Waals surface area contributed by atoms with Crippen LogP contribution in [0.25, 0.3) is 0 Å². The molecule has 1 saturated heterocycles. The Balaban J connectivity index is 1.57. The van der Waals surface area contributed by atoms with E-state index < -0.39 is 30.1 Å². The van der Waals surface area contributed by atoms with E-state index in [1.807, 2.05) is 6.07 Å². The molecule has 2 aromatic rings. The summed E-state index contributed by atoms with van der Waals surface area (Å²) in [5.74, 6) is -1.09. The highest BCUT2D eigenvalue weighted by Crippen LogP contribution is 2.35. The van der Waals surface area contributed by atoms with E-state index in [4.69, 9.17) is 10.00 Å². The van der Waals surface area contributed by atoms with Crippen LogP contribution in [0.4, 0.5) is 10.5 Å². The maximum atomic E-state index is 12.5. The lowest BCUT2D eigenvalue weighted by Crippen LogP contribution is -2.42. The summed E-state index contributed by atoms with van der Waals surface area (Å²) in [7, 11) is 0. The van der Waals surface area contributed by atoms with Crippen LogP contribution >= 0.6 is 0 Å². The summed E-state index contributed by atoms with van der Waals surface area (Å²) in [5, 5.41) is 19.1. The van der Waals surface area contributed by atoms with E-state index in [1.54, 1.807) is 31.2 Å². The number of fused-ring (bicyclic) bond motifs is 1. The van der Waals surface area contributed by atoms with Gasteiger partial charge in [-0.25, -0.2) is 4.79 Å². The van der Waals surface area contributed by atoms with Crippen molar-refractivity contribution in [2.75, 3.05) is 11.4 Å². The third-order valence-corrected chi connectivity index (χ3v) is 5.00. The third kappa shape index (κ3) is 2.56. The Morgan fingerprint density at radius 1 is 1.11 bits per heavy atom. The Bertz CT molecular complexity index is 1020. The molecule has 0 aromatic heterocycles. The van der Waals surface area contributed by atoms with Crippen molar-refractivity contribution in [3.05, 3.63) is 59.2 Å². The maximum absolute atomic E-state index is 12.5. The number of phenolic OH excluding ortho intramolecular Hbond substituents is 1. The predicted molar refractivity (Wildman–Crippen MR) is 96.8 cm³/mol. The number of amides is 3. The number of ether oxygens (including phenoxy) is 1. The van der Waals surface area contributed by atoms with Gasteiger partial charge in [0, 0.05) is 0 Å². The van der Waals surface area contributed by atoms with Gasteiger partial charge in [0.05, 0.1) is 41.0 Å². The summed E-state index contributed by atoms with van der Waals surface area (Å²) in [5.41, 5.74) is 1.10. The molecule has 2 aromatic carbocycles. The van der Waals surface area contributed by atoms with Crippen molar-refractivity contribution < 1.29 is 24.2 Å². The Labute approximate surface area is 160 Å². The molecular formula is C20H15N3O5. The number of rotatable bonds is 3. The maximum Gasteiger partial charge on any atom is 0.415 e. The standard InChI is InChI=1S/C20H15N3O5/c1-11-17(10-22-18(25)13-4-2-3-5-14(13)19(22)26)28-20(27)23(11)15-7-6-12(9-21)8-16(15)24/h2-8,11,17,24H,10H2,1H3. The van der Waals surface area contributed by atoms with Crippen LogP contribution in [-0.4, -0.2) is 46.6 Å². The molecule has 8 heteroatoms. The zero-order valence-electron chi connectivity index (χ0n) is 14.8. The average Bonchev–Trinajstić information content (AvgIpc) is 3.10. The Hall–Kier alpha value is -3.86. The molecule has 3 amide bonds. The predicted octanol–water partition coefficient (Wildman–Crippen LogP) is 2.27. The monoisotopic (exact) mass is 377 g/mol. The molecule has 28 heavy (non-hydrogen) atoms. The van der Waals surface area contributed by atoms with Gasteiger partial charge >= 0.3 is 6.09 Å². The Kier molecular flexibility index (Phi) is 4.00. The van der Waals surface area contributed by atoms with Crippen LogP contribution in [0.1, 0.15) is 33.2 Å². The van der Waals surface area contributed by atoms with Crippen molar-refractivity contribution >= 4 is 23.6 Å². The number of aromatic hydroxyl groups is 1. The van der Waals surface area contributed by atoms with Crippen LogP contribution in [0, 0.1) is 11.3 Å². The van der Waals surface area contributed by atoms with Gasteiger partial charge in [-0.05, 0) is 37.3 Å². The Morgan fingerprint density at radius 2 is 1.75 bits per heavy atom. The second kappa shape index (κ2) is 6.39. The van der Waals surface area contributed by atoms with Crippen molar-refractivity contribution in [2.24, 2.45) is 0 Å². The highest BCUT2D eigenvalue weighted by Gasteiger charge is 2.45. The van der Waals surface area contributed by atoms with E-state index in [0.717, 1.165) is 4.90 Å². The van der Waals surface area contributed by atoms with Crippen LogP contribution in [0.3, 0.4) is 0 Å². The summed E-state index contributed by atoms with van der Waals surface area (Å²) in [4.78, 5) is 39.8. The number of hydrogen-bond acceptors (Lipinski definition) is 6. The molecule has 2 unspecified atom stereocenters. The number of hydrogen-bond donors (Lipinski definition) is 1. The minimum absolute atomic E-state index is 0.0905. The molecule has 140 valence electrons.